The van der Waals surface area contributed by atoms with Crippen LogP contribution in [0.25, 0.3) is 11.1 Å². The molecule has 1 N–H and O–H groups in total. The molecule has 0 spiro atoms. The van der Waals surface area contributed by atoms with Crippen LogP contribution in [0.1, 0.15) is 40.8 Å². The van der Waals surface area contributed by atoms with Gasteiger partial charge in [-0.05, 0) is 56.3 Å². The molecule has 0 unspecified atom stereocenters. The Balaban J connectivity index is 1.74. The van der Waals surface area contributed by atoms with Gasteiger partial charge in [-0.15, -0.1) is 0 Å². The van der Waals surface area contributed by atoms with Crippen LogP contribution in [-0.4, -0.2) is 52.9 Å². The molecule has 158 valence electrons. The van der Waals surface area contributed by atoms with E-state index in [1.165, 1.54) is 11.1 Å². The van der Waals surface area contributed by atoms with Crippen molar-refractivity contribution in [3.05, 3.63) is 77.4 Å². The van der Waals surface area contributed by atoms with E-state index in [2.05, 4.69) is 46.1 Å². The SMILES string of the molecule is CCCc1ccc(-c2ccc(C(=O)N(CCN(C)C)Cc3cnc(C)[nH]3)cc2)cc1. The van der Waals surface area contributed by atoms with Crippen molar-refractivity contribution in [2.24, 2.45) is 0 Å². The molecule has 0 aliphatic heterocycles. The molecule has 0 saturated heterocycles. The summed E-state index contributed by atoms with van der Waals surface area (Å²) in [4.78, 5) is 24.7. The largest absolute Gasteiger partial charge is 0.345 e. The summed E-state index contributed by atoms with van der Waals surface area (Å²) in [5.41, 5.74) is 5.31. The van der Waals surface area contributed by atoms with Gasteiger partial charge in [-0.1, -0.05) is 49.7 Å². The fourth-order valence-electron chi connectivity index (χ4n) is 3.47. The Morgan fingerprint density at radius 1 is 0.967 bits per heavy atom. The summed E-state index contributed by atoms with van der Waals surface area (Å²) in [6.45, 7) is 6.10. The number of aryl methyl sites for hydroxylation is 2. The maximum Gasteiger partial charge on any atom is 0.254 e. The molecule has 30 heavy (non-hydrogen) atoms. The zero-order valence-corrected chi connectivity index (χ0v) is 18.5. The highest BCUT2D eigenvalue weighted by molar-refractivity contribution is 5.94. The summed E-state index contributed by atoms with van der Waals surface area (Å²) < 4.78 is 0. The average Bonchev–Trinajstić information content (AvgIpc) is 3.16. The van der Waals surface area contributed by atoms with Crippen LogP contribution in [0.3, 0.4) is 0 Å². The van der Waals surface area contributed by atoms with Gasteiger partial charge in [-0.25, -0.2) is 4.98 Å². The van der Waals surface area contributed by atoms with Crippen LogP contribution in [0.4, 0.5) is 0 Å². The van der Waals surface area contributed by atoms with Gasteiger partial charge in [0, 0.05) is 18.7 Å². The number of H-pyrrole nitrogens is 1. The van der Waals surface area contributed by atoms with E-state index in [0.717, 1.165) is 36.5 Å². The van der Waals surface area contributed by atoms with Gasteiger partial charge in [0.05, 0.1) is 18.4 Å². The maximum absolute atomic E-state index is 13.2. The van der Waals surface area contributed by atoms with Crippen LogP contribution in [0.2, 0.25) is 0 Å². The molecule has 5 heteroatoms. The number of carbonyl (C=O) groups excluding carboxylic acids is 1. The van der Waals surface area contributed by atoms with E-state index in [1.807, 2.05) is 50.2 Å². The second kappa shape index (κ2) is 10.2. The van der Waals surface area contributed by atoms with E-state index >= 15 is 0 Å². The van der Waals surface area contributed by atoms with Crippen LogP contribution in [0.15, 0.2) is 54.7 Å². The van der Waals surface area contributed by atoms with Crippen LogP contribution in [-0.2, 0) is 13.0 Å². The van der Waals surface area contributed by atoms with Gasteiger partial charge < -0.3 is 14.8 Å². The Hall–Kier alpha value is -2.92. The number of nitrogens with zero attached hydrogens (tertiary/aromatic N) is 3. The molecule has 0 saturated carbocycles. The van der Waals surface area contributed by atoms with Gasteiger partial charge in [0.1, 0.15) is 5.82 Å². The molecule has 0 aliphatic rings. The van der Waals surface area contributed by atoms with Crippen molar-refractivity contribution in [2.45, 2.75) is 33.2 Å². The molecule has 2 aromatic carbocycles. The van der Waals surface area contributed by atoms with Gasteiger partial charge in [0.2, 0.25) is 0 Å². The standard InChI is InChI=1S/C25H32N4O/c1-5-6-20-7-9-21(10-8-20)22-11-13-23(14-12-22)25(30)29(16-15-28(3)4)18-24-17-26-19(2)27-24/h7-14,17H,5-6,15-16,18H2,1-4H3,(H,26,27). The Morgan fingerprint density at radius 2 is 1.60 bits per heavy atom. The highest BCUT2D eigenvalue weighted by Crippen LogP contribution is 2.21. The van der Waals surface area contributed by atoms with Crippen molar-refractivity contribution < 1.29 is 4.79 Å². The normalized spacial score (nSPS) is 11.1. The van der Waals surface area contributed by atoms with Crippen molar-refractivity contribution in [3.8, 4) is 11.1 Å². The van der Waals surface area contributed by atoms with Crippen LogP contribution in [0.5, 0.6) is 0 Å². The quantitative estimate of drug-likeness (QED) is 0.570. The summed E-state index contributed by atoms with van der Waals surface area (Å²) in [6, 6.07) is 16.6. The monoisotopic (exact) mass is 404 g/mol. The molecule has 0 fully saturated rings. The number of hydrogen-bond donors (Lipinski definition) is 1. The van der Waals surface area contributed by atoms with E-state index in [-0.39, 0.29) is 5.91 Å². The molecule has 1 heterocycles. The number of hydrogen-bond acceptors (Lipinski definition) is 3. The Morgan fingerprint density at radius 3 is 2.13 bits per heavy atom. The van der Waals surface area contributed by atoms with Gasteiger partial charge in [0.25, 0.3) is 5.91 Å². The molecule has 1 amide bonds. The average molecular weight is 405 g/mol. The molecule has 5 nitrogen and oxygen atoms in total. The highest BCUT2D eigenvalue weighted by atomic mass is 16.2. The number of carbonyl (C=O) groups is 1. The predicted octanol–water partition coefficient (Wildman–Crippen LogP) is 4.54. The Bertz CT molecular complexity index is 942. The zero-order chi connectivity index (χ0) is 21.5. The van der Waals surface area contributed by atoms with Crippen molar-refractivity contribution >= 4 is 5.91 Å². The van der Waals surface area contributed by atoms with Crippen LogP contribution in [0, 0.1) is 6.92 Å². The van der Waals surface area contributed by atoms with Crippen molar-refractivity contribution in [3.63, 3.8) is 0 Å². The maximum atomic E-state index is 13.2. The number of likely N-dealkylation sites (N-methyl/N-ethyl adjacent to an activating group) is 1. The fraction of sp³-hybridized carbons (Fsp3) is 0.360. The van der Waals surface area contributed by atoms with Crippen molar-refractivity contribution in [1.29, 1.82) is 0 Å². The van der Waals surface area contributed by atoms with E-state index in [1.54, 1.807) is 6.20 Å². The second-order valence-electron chi connectivity index (χ2n) is 8.05. The molecular weight excluding hydrogens is 372 g/mol. The lowest BCUT2D eigenvalue weighted by Gasteiger charge is -2.24. The minimum atomic E-state index is 0.0361. The van der Waals surface area contributed by atoms with Crippen LogP contribution < -0.4 is 0 Å². The lowest BCUT2D eigenvalue weighted by Crippen LogP contribution is -2.36. The van der Waals surface area contributed by atoms with Gasteiger partial charge in [-0.3, -0.25) is 4.79 Å². The summed E-state index contributed by atoms with van der Waals surface area (Å²) in [6.07, 6.45) is 4.06. The summed E-state index contributed by atoms with van der Waals surface area (Å²) in [7, 11) is 4.03. The number of aromatic nitrogens is 2. The lowest BCUT2D eigenvalue weighted by molar-refractivity contribution is 0.0730. The molecule has 3 aromatic rings. The van der Waals surface area contributed by atoms with Gasteiger partial charge in [-0.2, -0.15) is 0 Å². The van der Waals surface area contributed by atoms with E-state index in [0.29, 0.717) is 18.7 Å². The smallest absolute Gasteiger partial charge is 0.254 e. The molecule has 0 aliphatic carbocycles. The molecule has 0 bridgehead atoms. The predicted molar refractivity (Wildman–Crippen MR) is 122 cm³/mol. The van der Waals surface area contributed by atoms with E-state index < -0.39 is 0 Å². The first-order valence-electron chi connectivity index (χ1n) is 10.6. The van der Waals surface area contributed by atoms with Crippen molar-refractivity contribution in [1.82, 2.24) is 19.8 Å². The topological polar surface area (TPSA) is 52.2 Å². The third-order valence-corrected chi connectivity index (χ3v) is 5.18. The molecule has 0 radical (unpaired) electrons. The number of nitrogens with one attached hydrogen (secondary N) is 1. The summed E-state index contributed by atoms with van der Waals surface area (Å²) >= 11 is 0. The lowest BCUT2D eigenvalue weighted by atomic mass is 10.0. The third-order valence-electron chi connectivity index (χ3n) is 5.18. The van der Waals surface area contributed by atoms with Gasteiger partial charge in [0.15, 0.2) is 0 Å². The number of benzene rings is 2. The molecule has 0 atom stereocenters. The molecular formula is C25H32N4O. The minimum absolute atomic E-state index is 0.0361. The summed E-state index contributed by atoms with van der Waals surface area (Å²) in [5, 5.41) is 0. The van der Waals surface area contributed by atoms with E-state index in [9.17, 15) is 4.79 Å². The third kappa shape index (κ3) is 5.80. The second-order valence-corrected chi connectivity index (χ2v) is 8.05. The Labute approximate surface area is 179 Å². The first-order chi connectivity index (χ1) is 14.5. The summed E-state index contributed by atoms with van der Waals surface area (Å²) in [5.74, 6) is 0.897. The molecule has 3 rings (SSSR count). The number of amides is 1. The Kier molecular flexibility index (Phi) is 7.41. The van der Waals surface area contributed by atoms with Crippen molar-refractivity contribution in [2.75, 3.05) is 27.2 Å². The number of rotatable bonds is 9. The first kappa shape index (κ1) is 21.8. The van der Waals surface area contributed by atoms with E-state index in [4.69, 9.17) is 0 Å². The molecule has 1 aromatic heterocycles. The number of aromatic amines is 1. The van der Waals surface area contributed by atoms with Gasteiger partial charge >= 0.3 is 0 Å². The van der Waals surface area contributed by atoms with Crippen LogP contribution >= 0.6 is 0 Å². The number of imidazole rings is 1. The fourth-order valence-corrected chi connectivity index (χ4v) is 3.47. The highest BCUT2D eigenvalue weighted by Gasteiger charge is 2.17. The first-order valence-corrected chi connectivity index (χ1v) is 10.6. The zero-order valence-electron chi connectivity index (χ0n) is 18.5. The minimum Gasteiger partial charge on any atom is -0.345 e.